The van der Waals surface area contributed by atoms with E-state index in [0.717, 1.165) is 5.75 Å². The number of benzene rings is 1. The fourth-order valence-electron chi connectivity index (χ4n) is 3.13. The predicted octanol–water partition coefficient (Wildman–Crippen LogP) is 4.24. The second-order valence-electron chi connectivity index (χ2n) is 5.57. The van der Waals surface area contributed by atoms with E-state index in [4.69, 9.17) is 4.74 Å². The minimum Gasteiger partial charge on any atom is -0.497 e. The first-order valence-electron chi connectivity index (χ1n) is 7.71. The number of fused-ring (bicyclic) bond motifs is 1. The Kier molecular flexibility index (Phi) is 5.26. The van der Waals surface area contributed by atoms with E-state index in [0.29, 0.717) is 12.1 Å². The lowest BCUT2D eigenvalue weighted by molar-refractivity contribution is 0.368. The van der Waals surface area contributed by atoms with Crippen LogP contribution in [0.1, 0.15) is 63.1 Å². The highest BCUT2D eigenvalue weighted by Crippen LogP contribution is 2.32. The van der Waals surface area contributed by atoms with E-state index in [1.165, 1.54) is 49.7 Å². The van der Waals surface area contributed by atoms with Crippen molar-refractivity contribution in [1.29, 1.82) is 0 Å². The van der Waals surface area contributed by atoms with E-state index in [-0.39, 0.29) is 0 Å². The van der Waals surface area contributed by atoms with Crippen LogP contribution in [0.2, 0.25) is 0 Å². The molecule has 2 atom stereocenters. The van der Waals surface area contributed by atoms with Gasteiger partial charge in [-0.15, -0.1) is 0 Å². The van der Waals surface area contributed by atoms with Gasteiger partial charge < -0.3 is 10.1 Å². The third-order valence-electron chi connectivity index (χ3n) is 4.23. The SMILES string of the molecule is CCCC(CC)NC1CCCc2cc(OC)ccc21. The van der Waals surface area contributed by atoms with Gasteiger partial charge in [-0.1, -0.05) is 26.3 Å². The molecule has 1 aliphatic rings. The smallest absolute Gasteiger partial charge is 0.119 e. The molecule has 1 aliphatic carbocycles. The van der Waals surface area contributed by atoms with E-state index in [9.17, 15) is 0 Å². The molecule has 0 aromatic heterocycles. The van der Waals surface area contributed by atoms with Crippen LogP contribution in [-0.2, 0) is 6.42 Å². The van der Waals surface area contributed by atoms with Gasteiger partial charge in [-0.3, -0.25) is 0 Å². The molecule has 0 amide bonds. The van der Waals surface area contributed by atoms with E-state index >= 15 is 0 Å². The fraction of sp³-hybridized carbons (Fsp3) is 0.647. The molecular formula is C17H27NO. The van der Waals surface area contributed by atoms with Crippen molar-refractivity contribution in [2.75, 3.05) is 7.11 Å². The van der Waals surface area contributed by atoms with Gasteiger partial charge in [0.25, 0.3) is 0 Å². The molecule has 0 radical (unpaired) electrons. The first kappa shape index (κ1) is 14.4. The average Bonchev–Trinajstić information content (AvgIpc) is 2.46. The molecule has 2 unspecified atom stereocenters. The number of aryl methyl sites for hydroxylation is 1. The van der Waals surface area contributed by atoms with Crippen molar-refractivity contribution in [3.63, 3.8) is 0 Å². The lowest BCUT2D eigenvalue weighted by atomic mass is 9.86. The van der Waals surface area contributed by atoms with Crippen LogP contribution in [0.4, 0.5) is 0 Å². The zero-order valence-electron chi connectivity index (χ0n) is 12.5. The van der Waals surface area contributed by atoms with Crippen molar-refractivity contribution >= 4 is 0 Å². The van der Waals surface area contributed by atoms with E-state index in [1.807, 2.05) is 0 Å². The topological polar surface area (TPSA) is 21.3 Å². The maximum atomic E-state index is 5.34. The number of hydrogen-bond acceptors (Lipinski definition) is 2. The minimum atomic E-state index is 0.533. The number of hydrogen-bond donors (Lipinski definition) is 1. The van der Waals surface area contributed by atoms with Crippen molar-refractivity contribution in [2.45, 2.75) is 64.5 Å². The zero-order valence-corrected chi connectivity index (χ0v) is 12.5. The summed E-state index contributed by atoms with van der Waals surface area (Å²) in [5, 5.41) is 3.86. The molecule has 1 aromatic carbocycles. The van der Waals surface area contributed by atoms with Crippen LogP contribution < -0.4 is 10.1 Å². The summed E-state index contributed by atoms with van der Waals surface area (Å²) in [6.07, 6.45) is 7.48. The van der Waals surface area contributed by atoms with Crippen molar-refractivity contribution < 1.29 is 4.74 Å². The Balaban J connectivity index is 2.13. The number of methoxy groups -OCH3 is 1. The van der Waals surface area contributed by atoms with Gasteiger partial charge in [-0.05, 0) is 55.4 Å². The standard InChI is InChI=1S/C17H27NO/c1-4-7-14(5-2)18-17-9-6-8-13-12-15(19-3)10-11-16(13)17/h10-12,14,17-18H,4-9H2,1-3H3. The second kappa shape index (κ2) is 6.95. The molecule has 0 bridgehead atoms. The normalized spacial score (nSPS) is 19.8. The van der Waals surface area contributed by atoms with Gasteiger partial charge in [0.05, 0.1) is 7.11 Å². The summed E-state index contributed by atoms with van der Waals surface area (Å²) < 4.78 is 5.34. The van der Waals surface area contributed by atoms with Crippen LogP contribution in [0.3, 0.4) is 0 Å². The summed E-state index contributed by atoms with van der Waals surface area (Å²) in [5.41, 5.74) is 2.95. The highest BCUT2D eigenvalue weighted by molar-refractivity contribution is 5.39. The lowest BCUT2D eigenvalue weighted by Gasteiger charge is -2.30. The Morgan fingerprint density at radius 2 is 2.21 bits per heavy atom. The van der Waals surface area contributed by atoms with Crippen LogP contribution in [0, 0.1) is 0 Å². The Bertz CT molecular complexity index is 402. The van der Waals surface area contributed by atoms with Crippen LogP contribution >= 0.6 is 0 Å². The fourth-order valence-corrected chi connectivity index (χ4v) is 3.13. The van der Waals surface area contributed by atoms with Crippen LogP contribution in [0.25, 0.3) is 0 Å². The quantitative estimate of drug-likeness (QED) is 0.827. The third-order valence-corrected chi connectivity index (χ3v) is 4.23. The van der Waals surface area contributed by atoms with Crippen LogP contribution in [0.15, 0.2) is 18.2 Å². The van der Waals surface area contributed by atoms with E-state index in [1.54, 1.807) is 7.11 Å². The molecule has 0 saturated carbocycles. The van der Waals surface area contributed by atoms with Crippen molar-refractivity contribution in [2.24, 2.45) is 0 Å². The van der Waals surface area contributed by atoms with Crippen molar-refractivity contribution in [1.82, 2.24) is 5.32 Å². The molecule has 1 N–H and O–H groups in total. The first-order valence-corrected chi connectivity index (χ1v) is 7.71. The van der Waals surface area contributed by atoms with Gasteiger partial charge in [0.2, 0.25) is 0 Å². The van der Waals surface area contributed by atoms with Crippen molar-refractivity contribution in [3.8, 4) is 5.75 Å². The molecule has 106 valence electrons. The summed E-state index contributed by atoms with van der Waals surface area (Å²) in [6, 6.07) is 7.75. The van der Waals surface area contributed by atoms with Crippen LogP contribution in [-0.4, -0.2) is 13.2 Å². The van der Waals surface area contributed by atoms with Gasteiger partial charge in [-0.2, -0.15) is 0 Å². The molecule has 2 nitrogen and oxygen atoms in total. The molecular weight excluding hydrogens is 234 g/mol. The summed E-state index contributed by atoms with van der Waals surface area (Å²) >= 11 is 0. The Morgan fingerprint density at radius 3 is 2.89 bits per heavy atom. The summed E-state index contributed by atoms with van der Waals surface area (Å²) in [5.74, 6) is 0.986. The Hall–Kier alpha value is -1.02. The molecule has 0 spiro atoms. The van der Waals surface area contributed by atoms with Gasteiger partial charge in [0, 0.05) is 12.1 Å². The largest absolute Gasteiger partial charge is 0.497 e. The Morgan fingerprint density at radius 1 is 1.37 bits per heavy atom. The predicted molar refractivity (Wildman–Crippen MR) is 80.8 cm³/mol. The lowest BCUT2D eigenvalue weighted by Crippen LogP contribution is -2.34. The maximum Gasteiger partial charge on any atom is 0.119 e. The average molecular weight is 261 g/mol. The van der Waals surface area contributed by atoms with E-state index < -0.39 is 0 Å². The minimum absolute atomic E-state index is 0.533. The number of rotatable bonds is 6. The number of ether oxygens (including phenoxy) is 1. The molecule has 2 rings (SSSR count). The second-order valence-corrected chi connectivity index (χ2v) is 5.57. The zero-order chi connectivity index (χ0) is 13.7. The summed E-state index contributed by atoms with van der Waals surface area (Å²) in [7, 11) is 1.74. The number of nitrogens with one attached hydrogen (secondary N) is 1. The summed E-state index contributed by atoms with van der Waals surface area (Å²) in [4.78, 5) is 0. The van der Waals surface area contributed by atoms with Gasteiger partial charge in [0.1, 0.15) is 5.75 Å². The highest BCUT2D eigenvalue weighted by atomic mass is 16.5. The van der Waals surface area contributed by atoms with Crippen LogP contribution in [0.5, 0.6) is 5.75 Å². The summed E-state index contributed by atoms with van der Waals surface area (Å²) in [6.45, 7) is 4.55. The van der Waals surface area contributed by atoms with Crippen molar-refractivity contribution in [3.05, 3.63) is 29.3 Å². The molecule has 0 saturated heterocycles. The molecule has 1 aromatic rings. The van der Waals surface area contributed by atoms with Gasteiger partial charge in [-0.25, -0.2) is 0 Å². The third kappa shape index (κ3) is 3.50. The molecule has 2 heteroatoms. The first-order chi connectivity index (χ1) is 9.28. The molecule has 0 heterocycles. The Labute approximate surface area is 117 Å². The molecule has 0 aliphatic heterocycles. The molecule has 0 fully saturated rings. The molecule has 19 heavy (non-hydrogen) atoms. The monoisotopic (exact) mass is 261 g/mol. The highest BCUT2D eigenvalue weighted by Gasteiger charge is 2.22. The van der Waals surface area contributed by atoms with Gasteiger partial charge >= 0.3 is 0 Å². The van der Waals surface area contributed by atoms with Gasteiger partial charge in [0.15, 0.2) is 0 Å². The maximum absolute atomic E-state index is 5.34. The van der Waals surface area contributed by atoms with E-state index in [2.05, 4.69) is 37.4 Å².